The normalized spacial score (nSPS) is 10.4. The molecule has 0 fully saturated rings. The van der Waals surface area contributed by atoms with Crippen LogP contribution in [0.25, 0.3) is 0 Å². The summed E-state index contributed by atoms with van der Waals surface area (Å²) in [6.07, 6.45) is 6.39. The molecule has 0 aromatic carbocycles. The number of rotatable bonds is 7. The Bertz CT molecular complexity index is 271. The Labute approximate surface area is 83.9 Å². The molecule has 0 amide bonds. The summed E-state index contributed by atoms with van der Waals surface area (Å²) in [5.41, 5.74) is 0. The number of ether oxygens (including phenoxy) is 1. The number of hydrogen-bond acceptors (Lipinski definition) is 3. The number of aromatic nitrogens is 2. The third-order valence-corrected chi connectivity index (χ3v) is 1.97. The second-order valence-electron chi connectivity index (χ2n) is 3.06. The number of carbonyl (C=O) groups excluding carboxylic acids is 1. The fourth-order valence-corrected chi connectivity index (χ4v) is 1.14. The van der Waals surface area contributed by atoms with Gasteiger partial charge in [0.1, 0.15) is 0 Å². The minimum atomic E-state index is 0.462. The van der Waals surface area contributed by atoms with Gasteiger partial charge in [-0.15, -0.1) is 0 Å². The molecule has 0 aliphatic carbocycles. The van der Waals surface area contributed by atoms with E-state index in [0.29, 0.717) is 19.0 Å². The van der Waals surface area contributed by atoms with Crippen molar-refractivity contribution in [3.63, 3.8) is 0 Å². The molecule has 1 rings (SSSR count). The smallest absolute Gasteiger partial charge is 0.185 e. The third kappa shape index (κ3) is 3.30. The first-order chi connectivity index (χ1) is 6.88. The lowest BCUT2D eigenvalue weighted by molar-refractivity contribution is 0.109. The molecule has 0 aliphatic rings. The van der Waals surface area contributed by atoms with Crippen molar-refractivity contribution < 1.29 is 9.53 Å². The SMILES string of the molecule is CCCCOCCn1ccnc1C=O. The van der Waals surface area contributed by atoms with E-state index in [9.17, 15) is 4.79 Å². The summed E-state index contributed by atoms with van der Waals surface area (Å²) in [6, 6.07) is 0. The first kappa shape index (κ1) is 10.9. The summed E-state index contributed by atoms with van der Waals surface area (Å²) < 4.78 is 7.17. The van der Waals surface area contributed by atoms with E-state index >= 15 is 0 Å². The van der Waals surface area contributed by atoms with Crippen molar-refractivity contribution in [2.45, 2.75) is 26.3 Å². The zero-order valence-electron chi connectivity index (χ0n) is 8.48. The molecule has 1 aromatic heterocycles. The Morgan fingerprint density at radius 3 is 3.14 bits per heavy atom. The Morgan fingerprint density at radius 1 is 1.57 bits per heavy atom. The van der Waals surface area contributed by atoms with Crippen molar-refractivity contribution in [1.29, 1.82) is 0 Å². The maximum atomic E-state index is 10.5. The molecular weight excluding hydrogens is 180 g/mol. The molecule has 0 unspecified atom stereocenters. The second-order valence-corrected chi connectivity index (χ2v) is 3.06. The van der Waals surface area contributed by atoms with Gasteiger partial charge in [0.25, 0.3) is 0 Å². The Kier molecular flexibility index (Phi) is 4.93. The molecule has 78 valence electrons. The van der Waals surface area contributed by atoms with E-state index in [1.165, 1.54) is 0 Å². The fraction of sp³-hybridized carbons (Fsp3) is 0.600. The van der Waals surface area contributed by atoms with Gasteiger partial charge in [-0.3, -0.25) is 4.79 Å². The summed E-state index contributed by atoms with van der Waals surface area (Å²) >= 11 is 0. The van der Waals surface area contributed by atoms with Crippen LogP contribution in [0, 0.1) is 0 Å². The van der Waals surface area contributed by atoms with Crippen LogP contribution in [-0.2, 0) is 11.3 Å². The summed E-state index contributed by atoms with van der Waals surface area (Å²) in [7, 11) is 0. The van der Waals surface area contributed by atoms with E-state index in [2.05, 4.69) is 11.9 Å². The van der Waals surface area contributed by atoms with Crippen LogP contribution in [-0.4, -0.2) is 29.1 Å². The third-order valence-electron chi connectivity index (χ3n) is 1.97. The van der Waals surface area contributed by atoms with Crippen molar-refractivity contribution in [2.24, 2.45) is 0 Å². The van der Waals surface area contributed by atoms with E-state index in [1.54, 1.807) is 17.0 Å². The lowest BCUT2D eigenvalue weighted by atomic mass is 10.4. The highest BCUT2D eigenvalue weighted by atomic mass is 16.5. The monoisotopic (exact) mass is 196 g/mol. The van der Waals surface area contributed by atoms with Crippen LogP contribution in [0.4, 0.5) is 0 Å². The van der Waals surface area contributed by atoms with Crippen LogP contribution in [0.1, 0.15) is 30.4 Å². The van der Waals surface area contributed by atoms with Crippen molar-refractivity contribution in [3.05, 3.63) is 18.2 Å². The zero-order chi connectivity index (χ0) is 10.2. The largest absolute Gasteiger partial charge is 0.380 e. The Morgan fingerprint density at radius 2 is 2.43 bits per heavy atom. The van der Waals surface area contributed by atoms with Gasteiger partial charge in [-0.05, 0) is 6.42 Å². The quantitative estimate of drug-likeness (QED) is 0.490. The van der Waals surface area contributed by atoms with Crippen LogP contribution >= 0.6 is 0 Å². The minimum Gasteiger partial charge on any atom is -0.380 e. The van der Waals surface area contributed by atoms with Crippen molar-refractivity contribution >= 4 is 6.29 Å². The molecule has 0 radical (unpaired) electrons. The molecule has 0 aliphatic heterocycles. The molecule has 4 nitrogen and oxygen atoms in total. The van der Waals surface area contributed by atoms with Gasteiger partial charge in [-0.25, -0.2) is 4.98 Å². The molecule has 0 spiro atoms. The molecule has 0 N–H and O–H groups in total. The average Bonchev–Trinajstić information content (AvgIpc) is 2.65. The van der Waals surface area contributed by atoms with E-state index in [-0.39, 0.29) is 0 Å². The highest BCUT2D eigenvalue weighted by Crippen LogP contribution is 1.95. The van der Waals surface area contributed by atoms with Gasteiger partial charge >= 0.3 is 0 Å². The standard InChI is InChI=1S/C10H16N2O2/c1-2-3-7-14-8-6-12-5-4-11-10(12)9-13/h4-5,9H,2-3,6-8H2,1H3. The first-order valence-corrected chi connectivity index (χ1v) is 4.92. The maximum absolute atomic E-state index is 10.5. The van der Waals surface area contributed by atoms with Gasteiger partial charge in [0.15, 0.2) is 12.1 Å². The number of aldehydes is 1. The molecule has 0 saturated carbocycles. The van der Waals surface area contributed by atoms with Crippen LogP contribution in [0.5, 0.6) is 0 Å². The molecule has 0 bridgehead atoms. The predicted octanol–water partition coefficient (Wildman–Crippen LogP) is 1.51. The predicted molar refractivity (Wildman–Crippen MR) is 53.3 cm³/mol. The number of carbonyl (C=O) groups is 1. The summed E-state index contributed by atoms with van der Waals surface area (Å²) in [5, 5.41) is 0. The maximum Gasteiger partial charge on any atom is 0.185 e. The summed E-state index contributed by atoms with van der Waals surface area (Å²) in [4.78, 5) is 14.4. The number of unbranched alkanes of at least 4 members (excludes halogenated alkanes) is 1. The minimum absolute atomic E-state index is 0.462. The lowest BCUT2D eigenvalue weighted by Gasteiger charge is -2.04. The summed E-state index contributed by atoms with van der Waals surface area (Å²) in [5.74, 6) is 0.462. The van der Waals surface area contributed by atoms with Crippen LogP contribution in [0.2, 0.25) is 0 Å². The van der Waals surface area contributed by atoms with Gasteiger partial charge in [-0.2, -0.15) is 0 Å². The molecule has 0 saturated heterocycles. The topological polar surface area (TPSA) is 44.1 Å². The van der Waals surface area contributed by atoms with Crippen LogP contribution in [0.15, 0.2) is 12.4 Å². The van der Waals surface area contributed by atoms with Crippen molar-refractivity contribution in [3.8, 4) is 0 Å². The second kappa shape index (κ2) is 6.32. The molecular formula is C10H16N2O2. The molecule has 1 heterocycles. The molecule has 14 heavy (non-hydrogen) atoms. The lowest BCUT2D eigenvalue weighted by Crippen LogP contribution is -2.08. The average molecular weight is 196 g/mol. The molecule has 4 heteroatoms. The van der Waals surface area contributed by atoms with Gasteiger partial charge in [0.05, 0.1) is 6.61 Å². The van der Waals surface area contributed by atoms with E-state index in [0.717, 1.165) is 25.7 Å². The van der Waals surface area contributed by atoms with Gasteiger partial charge < -0.3 is 9.30 Å². The highest BCUT2D eigenvalue weighted by molar-refractivity contribution is 5.69. The van der Waals surface area contributed by atoms with Crippen LogP contribution in [0.3, 0.4) is 0 Å². The number of hydrogen-bond donors (Lipinski definition) is 0. The Hall–Kier alpha value is -1.16. The van der Waals surface area contributed by atoms with Gasteiger partial charge in [-0.1, -0.05) is 13.3 Å². The fourth-order valence-electron chi connectivity index (χ4n) is 1.14. The highest BCUT2D eigenvalue weighted by Gasteiger charge is 1.99. The first-order valence-electron chi connectivity index (χ1n) is 4.92. The zero-order valence-corrected chi connectivity index (χ0v) is 8.48. The number of imidazole rings is 1. The van der Waals surface area contributed by atoms with Gasteiger partial charge in [0.2, 0.25) is 0 Å². The van der Waals surface area contributed by atoms with Crippen molar-refractivity contribution in [1.82, 2.24) is 9.55 Å². The molecule has 1 aromatic rings. The van der Waals surface area contributed by atoms with E-state index in [4.69, 9.17) is 4.74 Å². The van der Waals surface area contributed by atoms with Crippen molar-refractivity contribution in [2.75, 3.05) is 13.2 Å². The summed E-state index contributed by atoms with van der Waals surface area (Å²) in [6.45, 7) is 4.25. The van der Waals surface area contributed by atoms with Crippen LogP contribution < -0.4 is 0 Å². The van der Waals surface area contributed by atoms with E-state index in [1.807, 2.05) is 0 Å². The molecule has 0 atom stereocenters. The number of nitrogens with zero attached hydrogens (tertiary/aromatic N) is 2. The Balaban J connectivity index is 2.21. The van der Waals surface area contributed by atoms with E-state index < -0.39 is 0 Å². The van der Waals surface area contributed by atoms with Gasteiger partial charge in [0, 0.05) is 25.5 Å².